The van der Waals surface area contributed by atoms with Crippen molar-refractivity contribution >= 4 is 10.2 Å². The molecular formula is C15H27N3O5S. The lowest BCUT2D eigenvalue weighted by Crippen LogP contribution is -2.40. The molecule has 0 aliphatic carbocycles. The van der Waals surface area contributed by atoms with E-state index >= 15 is 0 Å². The van der Waals surface area contributed by atoms with E-state index in [1.165, 1.54) is 21.2 Å². The molecule has 1 unspecified atom stereocenters. The number of hydrogen-bond acceptors (Lipinski definition) is 6. The molecule has 0 spiro atoms. The molecule has 0 aliphatic rings. The van der Waals surface area contributed by atoms with E-state index in [4.69, 9.17) is 14.2 Å². The topological polar surface area (TPSA) is 80.3 Å². The van der Waals surface area contributed by atoms with Gasteiger partial charge >= 0.3 is 0 Å². The highest BCUT2D eigenvalue weighted by molar-refractivity contribution is 7.87. The average Bonchev–Trinajstić information content (AvgIpc) is 2.53. The second-order valence-electron chi connectivity index (χ2n) is 5.57. The summed E-state index contributed by atoms with van der Waals surface area (Å²) in [5, 5.41) is 0. The molecule has 0 fully saturated rings. The van der Waals surface area contributed by atoms with Crippen LogP contribution in [0.2, 0.25) is 0 Å². The fraction of sp³-hybridized carbons (Fsp3) is 0.600. The molecule has 24 heavy (non-hydrogen) atoms. The maximum Gasteiger partial charge on any atom is 0.278 e. The zero-order chi connectivity index (χ0) is 18.5. The Morgan fingerprint density at radius 2 is 1.50 bits per heavy atom. The summed E-state index contributed by atoms with van der Waals surface area (Å²) in [6, 6.07) is 3.42. The van der Waals surface area contributed by atoms with Crippen molar-refractivity contribution in [3.63, 3.8) is 0 Å². The van der Waals surface area contributed by atoms with Gasteiger partial charge in [-0.15, -0.1) is 0 Å². The van der Waals surface area contributed by atoms with Gasteiger partial charge in [0.25, 0.3) is 10.2 Å². The third-order valence-corrected chi connectivity index (χ3v) is 5.13. The Morgan fingerprint density at radius 3 is 1.83 bits per heavy atom. The predicted molar refractivity (Wildman–Crippen MR) is 93.1 cm³/mol. The lowest BCUT2D eigenvalue weighted by atomic mass is 10.0. The van der Waals surface area contributed by atoms with Crippen LogP contribution in [0.3, 0.4) is 0 Å². The van der Waals surface area contributed by atoms with Crippen molar-refractivity contribution in [2.45, 2.75) is 6.04 Å². The standard InChI is InChI=1S/C15H27N3O5S/c1-17(2)12(10-16-24(19,20)18(3)4)11-8-13(21-5)15(23-7)14(9-11)22-6/h8-9,12,16H,10H2,1-7H3. The van der Waals surface area contributed by atoms with Crippen molar-refractivity contribution in [1.29, 1.82) is 0 Å². The first kappa shape index (κ1) is 20.5. The van der Waals surface area contributed by atoms with Gasteiger partial charge in [-0.05, 0) is 31.8 Å². The average molecular weight is 361 g/mol. The minimum atomic E-state index is -3.51. The van der Waals surface area contributed by atoms with E-state index < -0.39 is 10.2 Å². The lowest BCUT2D eigenvalue weighted by Gasteiger charge is -2.27. The number of benzene rings is 1. The van der Waals surface area contributed by atoms with Crippen LogP contribution in [0.4, 0.5) is 0 Å². The molecule has 1 aromatic rings. The Hall–Kier alpha value is -1.55. The highest BCUT2D eigenvalue weighted by Gasteiger charge is 2.23. The van der Waals surface area contributed by atoms with Crippen LogP contribution < -0.4 is 18.9 Å². The number of nitrogens with one attached hydrogen (secondary N) is 1. The molecule has 1 rings (SSSR count). The van der Waals surface area contributed by atoms with Gasteiger partial charge < -0.3 is 19.1 Å². The maximum atomic E-state index is 12.0. The smallest absolute Gasteiger partial charge is 0.278 e. The van der Waals surface area contributed by atoms with E-state index in [2.05, 4.69) is 4.72 Å². The van der Waals surface area contributed by atoms with Crippen LogP contribution in [0.5, 0.6) is 17.2 Å². The Labute approximate surface area is 144 Å². The molecule has 0 saturated carbocycles. The summed E-state index contributed by atoms with van der Waals surface area (Å²) in [6.07, 6.45) is 0. The van der Waals surface area contributed by atoms with Crippen LogP contribution >= 0.6 is 0 Å². The molecule has 1 atom stereocenters. The number of likely N-dealkylation sites (N-methyl/N-ethyl adjacent to an activating group) is 1. The molecule has 8 nitrogen and oxygen atoms in total. The third-order valence-electron chi connectivity index (χ3n) is 3.63. The van der Waals surface area contributed by atoms with Crippen LogP contribution in [0, 0.1) is 0 Å². The van der Waals surface area contributed by atoms with Crippen molar-refractivity contribution in [3.8, 4) is 17.2 Å². The Bertz CT molecular complexity index is 622. The van der Waals surface area contributed by atoms with Crippen molar-refractivity contribution in [2.75, 3.05) is 56.1 Å². The van der Waals surface area contributed by atoms with E-state index in [1.807, 2.05) is 31.1 Å². The minimum Gasteiger partial charge on any atom is -0.493 e. The summed E-state index contributed by atoms with van der Waals surface area (Å²) in [4.78, 5) is 1.92. The zero-order valence-corrected chi connectivity index (χ0v) is 16.1. The summed E-state index contributed by atoms with van der Waals surface area (Å²) in [5.41, 5.74) is 0.843. The fourth-order valence-corrected chi connectivity index (χ4v) is 2.83. The summed E-state index contributed by atoms with van der Waals surface area (Å²) < 4.78 is 43.7. The van der Waals surface area contributed by atoms with Gasteiger partial charge in [-0.25, -0.2) is 4.72 Å². The first-order chi connectivity index (χ1) is 11.2. The fourth-order valence-electron chi connectivity index (χ4n) is 2.21. The molecule has 0 aromatic heterocycles. The van der Waals surface area contributed by atoms with E-state index in [-0.39, 0.29) is 12.6 Å². The third kappa shape index (κ3) is 4.73. The number of methoxy groups -OCH3 is 3. The normalized spacial score (nSPS) is 13.2. The van der Waals surface area contributed by atoms with Crippen LogP contribution in [-0.2, 0) is 10.2 Å². The second-order valence-corrected chi connectivity index (χ2v) is 7.54. The molecule has 0 bridgehead atoms. The highest BCUT2D eigenvalue weighted by atomic mass is 32.2. The molecule has 9 heteroatoms. The van der Waals surface area contributed by atoms with Crippen molar-refractivity contribution in [1.82, 2.24) is 13.9 Å². The summed E-state index contributed by atoms with van der Waals surface area (Å²) in [6.45, 7) is 0.201. The quantitative estimate of drug-likeness (QED) is 0.698. The SMILES string of the molecule is COc1cc(C(CNS(=O)(=O)N(C)C)N(C)C)cc(OC)c1OC. The minimum absolute atomic E-state index is 0.201. The van der Waals surface area contributed by atoms with Crippen LogP contribution in [0.25, 0.3) is 0 Å². The molecule has 0 heterocycles. The Kier molecular flexibility index (Phi) is 7.27. The van der Waals surface area contributed by atoms with Crippen molar-refractivity contribution < 1.29 is 22.6 Å². The van der Waals surface area contributed by atoms with E-state index in [1.54, 1.807) is 14.2 Å². The molecule has 0 amide bonds. The van der Waals surface area contributed by atoms with Gasteiger partial charge in [-0.2, -0.15) is 12.7 Å². The number of hydrogen-bond donors (Lipinski definition) is 1. The summed E-state index contributed by atoms with van der Waals surface area (Å²) in [7, 11) is 7.81. The van der Waals surface area contributed by atoms with Crippen LogP contribution in [0.1, 0.15) is 11.6 Å². The highest BCUT2D eigenvalue weighted by Crippen LogP contribution is 2.40. The van der Waals surface area contributed by atoms with Gasteiger partial charge in [0, 0.05) is 26.7 Å². The van der Waals surface area contributed by atoms with Gasteiger partial charge in [0.15, 0.2) is 11.5 Å². The van der Waals surface area contributed by atoms with Crippen LogP contribution in [-0.4, -0.2) is 73.7 Å². The first-order valence-corrected chi connectivity index (χ1v) is 8.75. The van der Waals surface area contributed by atoms with Gasteiger partial charge in [0.1, 0.15) is 0 Å². The second kappa shape index (κ2) is 8.52. The van der Waals surface area contributed by atoms with Crippen molar-refractivity contribution in [3.05, 3.63) is 17.7 Å². The molecule has 1 aromatic carbocycles. The van der Waals surface area contributed by atoms with Gasteiger partial charge in [0.2, 0.25) is 5.75 Å². The molecule has 1 N–H and O–H groups in total. The van der Waals surface area contributed by atoms with E-state index in [9.17, 15) is 8.42 Å². The van der Waals surface area contributed by atoms with Crippen LogP contribution in [0.15, 0.2) is 12.1 Å². The number of nitrogens with zero attached hydrogens (tertiary/aromatic N) is 2. The number of ether oxygens (including phenoxy) is 3. The first-order valence-electron chi connectivity index (χ1n) is 7.31. The summed E-state index contributed by atoms with van der Waals surface area (Å²) >= 11 is 0. The molecular weight excluding hydrogens is 334 g/mol. The molecule has 0 aliphatic heterocycles. The largest absolute Gasteiger partial charge is 0.493 e. The zero-order valence-electron chi connectivity index (χ0n) is 15.3. The summed E-state index contributed by atoms with van der Waals surface area (Å²) in [5.74, 6) is 1.54. The van der Waals surface area contributed by atoms with Gasteiger partial charge in [0.05, 0.1) is 21.3 Å². The Balaban J connectivity index is 3.22. The molecule has 138 valence electrons. The maximum absolute atomic E-state index is 12.0. The monoisotopic (exact) mass is 361 g/mol. The molecule has 0 radical (unpaired) electrons. The van der Waals surface area contributed by atoms with E-state index in [0.29, 0.717) is 17.2 Å². The lowest BCUT2D eigenvalue weighted by molar-refractivity contribution is 0.291. The van der Waals surface area contributed by atoms with Crippen molar-refractivity contribution in [2.24, 2.45) is 0 Å². The Morgan fingerprint density at radius 1 is 1.00 bits per heavy atom. The number of rotatable bonds is 9. The van der Waals surface area contributed by atoms with E-state index in [0.717, 1.165) is 9.87 Å². The predicted octanol–water partition coefficient (Wildman–Crippen LogP) is 0.711. The van der Waals surface area contributed by atoms with Gasteiger partial charge in [-0.3, -0.25) is 0 Å². The van der Waals surface area contributed by atoms with Gasteiger partial charge in [-0.1, -0.05) is 0 Å². The molecule has 0 saturated heterocycles.